The molecule has 1 aromatic heterocycles. The minimum atomic E-state index is -0.213. The summed E-state index contributed by atoms with van der Waals surface area (Å²) in [5.41, 5.74) is 2.80. The van der Waals surface area contributed by atoms with Crippen molar-refractivity contribution >= 4 is 22.6 Å². The third-order valence-electron chi connectivity index (χ3n) is 5.06. The van der Waals surface area contributed by atoms with E-state index in [0.717, 1.165) is 41.9 Å². The molecule has 0 spiro atoms. The van der Waals surface area contributed by atoms with E-state index < -0.39 is 0 Å². The third kappa shape index (κ3) is 4.53. The molecule has 0 saturated carbocycles. The Balaban J connectivity index is 1.40. The lowest BCUT2D eigenvalue weighted by molar-refractivity contribution is -0.118. The molecule has 4 rings (SSSR count). The van der Waals surface area contributed by atoms with Crippen molar-refractivity contribution in [1.29, 1.82) is 0 Å². The number of benzene rings is 2. The van der Waals surface area contributed by atoms with Gasteiger partial charge in [0, 0.05) is 18.7 Å². The lowest BCUT2D eigenvalue weighted by atomic mass is 10.2. The average Bonchev–Trinajstić information content (AvgIpc) is 2.91. The fourth-order valence-corrected chi connectivity index (χ4v) is 3.67. The molecule has 0 fully saturated rings. The first kappa shape index (κ1) is 19.3. The predicted molar refractivity (Wildman–Crippen MR) is 114 cm³/mol. The number of imidazole rings is 1. The van der Waals surface area contributed by atoms with Crippen molar-refractivity contribution in [3.8, 4) is 11.5 Å². The Labute approximate surface area is 170 Å². The summed E-state index contributed by atoms with van der Waals surface area (Å²) in [6, 6.07) is 13.3. The molecule has 0 atom stereocenters. The van der Waals surface area contributed by atoms with E-state index in [0.29, 0.717) is 18.1 Å². The smallest absolute Gasteiger partial charge is 0.262 e. The van der Waals surface area contributed by atoms with Crippen molar-refractivity contribution < 1.29 is 14.3 Å². The molecule has 1 amide bonds. The van der Waals surface area contributed by atoms with Gasteiger partial charge < -0.3 is 19.4 Å². The van der Waals surface area contributed by atoms with E-state index in [1.165, 1.54) is 19.3 Å². The Hall–Kier alpha value is -3.02. The van der Waals surface area contributed by atoms with Crippen LogP contribution in [-0.2, 0) is 17.8 Å². The van der Waals surface area contributed by atoms with Crippen LogP contribution < -0.4 is 14.8 Å². The van der Waals surface area contributed by atoms with Gasteiger partial charge in [-0.2, -0.15) is 0 Å². The van der Waals surface area contributed by atoms with Crippen molar-refractivity contribution in [2.24, 2.45) is 0 Å². The molecular formula is C23H27N3O3. The minimum Gasteiger partial charge on any atom is -0.490 e. The van der Waals surface area contributed by atoms with E-state index in [9.17, 15) is 4.79 Å². The summed E-state index contributed by atoms with van der Waals surface area (Å²) in [6.07, 6.45) is 5.57. The first-order valence-electron chi connectivity index (χ1n) is 10.4. The summed E-state index contributed by atoms with van der Waals surface area (Å²) in [5.74, 6) is 2.16. The molecule has 0 bridgehead atoms. The molecule has 2 aromatic carbocycles. The van der Waals surface area contributed by atoms with Crippen molar-refractivity contribution in [3.05, 3.63) is 48.3 Å². The molecule has 2 heterocycles. The number of ether oxygens (including phenoxy) is 2. The molecule has 0 saturated heterocycles. The summed E-state index contributed by atoms with van der Waals surface area (Å²) in [4.78, 5) is 17.2. The van der Waals surface area contributed by atoms with E-state index >= 15 is 0 Å². The summed E-state index contributed by atoms with van der Waals surface area (Å²) in [5, 5.41) is 2.91. The molecule has 0 radical (unpaired) electrons. The minimum absolute atomic E-state index is 0.0791. The number of carbonyl (C=O) groups is 1. The highest BCUT2D eigenvalue weighted by molar-refractivity contribution is 5.94. The summed E-state index contributed by atoms with van der Waals surface area (Å²) in [7, 11) is 0. The fraction of sp³-hybridized carbons (Fsp3) is 0.391. The standard InChI is InChI=1S/C23H27N3O3/c1-2-14-28-20-8-5-6-9-21(20)29-16-23(27)24-17-11-12-19-18(15-17)25-22-10-4-3-7-13-26(19)22/h5-6,8-9,11-12,15H,2-4,7,10,13-14,16H2,1H3,(H,24,27). The van der Waals surface area contributed by atoms with Crippen molar-refractivity contribution in [3.63, 3.8) is 0 Å². The quantitative estimate of drug-likeness (QED) is 0.639. The van der Waals surface area contributed by atoms with Crippen LogP contribution in [0.15, 0.2) is 42.5 Å². The van der Waals surface area contributed by atoms with Gasteiger partial charge in [0.25, 0.3) is 5.91 Å². The Bertz CT molecular complexity index is 996. The van der Waals surface area contributed by atoms with Crippen LogP contribution in [0.25, 0.3) is 11.0 Å². The number of anilines is 1. The van der Waals surface area contributed by atoms with E-state index in [1.54, 1.807) is 0 Å². The van der Waals surface area contributed by atoms with E-state index in [-0.39, 0.29) is 12.5 Å². The third-order valence-corrected chi connectivity index (χ3v) is 5.06. The van der Waals surface area contributed by atoms with Gasteiger partial charge in [0.2, 0.25) is 0 Å². The number of aromatic nitrogens is 2. The van der Waals surface area contributed by atoms with Crippen LogP contribution >= 0.6 is 0 Å². The van der Waals surface area contributed by atoms with Crippen LogP contribution in [0.3, 0.4) is 0 Å². The van der Waals surface area contributed by atoms with E-state index in [2.05, 4.69) is 9.88 Å². The number of aryl methyl sites for hydroxylation is 2. The number of para-hydroxylation sites is 2. The number of fused-ring (bicyclic) bond motifs is 3. The van der Waals surface area contributed by atoms with Gasteiger partial charge in [-0.05, 0) is 49.6 Å². The lowest BCUT2D eigenvalue weighted by Gasteiger charge is -2.12. The van der Waals surface area contributed by atoms with Gasteiger partial charge in [0.15, 0.2) is 18.1 Å². The van der Waals surface area contributed by atoms with Crippen LogP contribution in [0, 0.1) is 0 Å². The van der Waals surface area contributed by atoms with Crippen LogP contribution in [0.1, 0.15) is 38.4 Å². The number of hydrogen-bond donors (Lipinski definition) is 1. The van der Waals surface area contributed by atoms with Gasteiger partial charge in [-0.3, -0.25) is 4.79 Å². The Kier molecular flexibility index (Phi) is 5.98. The van der Waals surface area contributed by atoms with Crippen molar-refractivity contribution in [2.75, 3.05) is 18.5 Å². The van der Waals surface area contributed by atoms with Crippen LogP contribution in [0.2, 0.25) is 0 Å². The zero-order chi connectivity index (χ0) is 20.1. The average molecular weight is 393 g/mol. The molecule has 152 valence electrons. The fourth-order valence-electron chi connectivity index (χ4n) is 3.67. The molecular weight excluding hydrogens is 366 g/mol. The lowest BCUT2D eigenvalue weighted by Crippen LogP contribution is -2.20. The van der Waals surface area contributed by atoms with E-state index in [1.807, 2.05) is 49.4 Å². The molecule has 6 heteroatoms. The SMILES string of the molecule is CCCOc1ccccc1OCC(=O)Nc1ccc2c(c1)nc1n2CCCCC1. The van der Waals surface area contributed by atoms with Crippen LogP contribution in [0.5, 0.6) is 11.5 Å². The number of hydrogen-bond acceptors (Lipinski definition) is 4. The highest BCUT2D eigenvalue weighted by atomic mass is 16.5. The molecule has 0 aliphatic carbocycles. The monoisotopic (exact) mass is 393 g/mol. The van der Waals surface area contributed by atoms with Gasteiger partial charge in [-0.15, -0.1) is 0 Å². The largest absolute Gasteiger partial charge is 0.490 e. The summed E-state index contributed by atoms with van der Waals surface area (Å²) in [6.45, 7) is 3.60. The van der Waals surface area contributed by atoms with Crippen LogP contribution in [0.4, 0.5) is 5.69 Å². The van der Waals surface area contributed by atoms with Gasteiger partial charge in [0.1, 0.15) is 5.82 Å². The first-order chi connectivity index (χ1) is 14.2. The van der Waals surface area contributed by atoms with Gasteiger partial charge in [-0.1, -0.05) is 25.5 Å². The number of nitrogens with one attached hydrogen (secondary N) is 1. The molecule has 1 aliphatic heterocycles. The van der Waals surface area contributed by atoms with Gasteiger partial charge >= 0.3 is 0 Å². The second kappa shape index (κ2) is 8.99. The normalized spacial score (nSPS) is 13.6. The molecule has 0 unspecified atom stereocenters. The van der Waals surface area contributed by atoms with Crippen LogP contribution in [-0.4, -0.2) is 28.7 Å². The molecule has 3 aromatic rings. The number of nitrogens with zero attached hydrogens (tertiary/aromatic N) is 2. The Morgan fingerprint density at radius 3 is 2.76 bits per heavy atom. The molecule has 1 aliphatic rings. The summed E-state index contributed by atoms with van der Waals surface area (Å²) < 4.78 is 13.7. The molecule has 29 heavy (non-hydrogen) atoms. The van der Waals surface area contributed by atoms with Gasteiger partial charge in [0.05, 0.1) is 17.6 Å². The predicted octanol–water partition coefficient (Wildman–Crippen LogP) is 4.57. The molecule has 6 nitrogen and oxygen atoms in total. The van der Waals surface area contributed by atoms with Gasteiger partial charge in [-0.25, -0.2) is 4.98 Å². The number of amides is 1. The highest BCUT2D eigenvalue weighted by Crippen LogP contribution is 2.27. The second-order valence-corrected chi connectivity index (χ2v) is 7.33. The first-order valence-corrected chi connectivity index (χ1v) is 10.4. The highest BCUT2D eigenvalue weighted by Gasteiger charge is 2.14. The van der Waals surface area contributed by atoms with Crippen molar-refractivity contribution in [1.82, 2.24) is 9.55 Å². The number of carbonyl (C=O) groups excluding carboxylic acids is 1. The van der Waals surface area contributed by atoms with Crippen molar-refractivity contribution in [2.45, 2.75) is 45.6 Å². The number of rotatable bonds is 7. The Morgan fingerprint density at radius 2 is 1.93 bits per heavy atom. The maximum Gasteiger partial charge on any atom is 0.262 e. The Morgan fingerprint density at radius 1 is 1.10 bits per heavy atom. The zero-order valence-corrected chi connectivity index (χ0v) is 16.8. The second-order valence-electron chi connectivity index (χ2n) is 7.33. The maximum absolute atomic E-state index is 12.4. The van der Waals surface area contributed by atoms with E-state index in [4.69, 9.17) is 14.5 Å². The summed E-state index contributed by atoms with van der Waals surface area (Å²) >= 11 is 0. The zero-order valence-electron chi connectivity index (χ0n) is 16.8. The molecule has 1 N–H and O–H groups in total. The maximum atomic E-state index is 12.4. The topological polar surface area (TPSA) is 65.4 Å².